The van der Waals surface area contributed by atoms with Crippen LogP contribution in [0.25, 0.3) is 0 Å². The van der Waals surface area contributed by atoms with Crippen LogP contribution in [-0.2, 0) is 22.6 Å². The van der Waals surface area contributed by atoms with Crippen molar-refractivity contribution in [3.8, 4) is 23.0 Å². The number of carbonyl (C=O) groups is 4. The molecule has 3 aromatic rings. The number of carbonyl (C=O) groups excluding carboxylic acids is 3. The highest BCUT2D eigenvalue weighted by Gasteiger charge is 2.39. The van der Waals surface area contributed by atoms with Crippen molar-refractivity contribution in [2.45, 2.75) is 32.4 Å². The number of urea groups is 1. The third kappa shape index (κ3) is 7.65. The maximum atomic E-state index is 14.1. The van der Waals surface area contributed by atoms with Gasteiger partial charge in [-0.1, -0.05) is 18.5 Å². The smallest absolute Gasteiger partial charge is 0.345 e. The van der Waals surface area contributed by atoms with Crippen molar-refractivity contribution in [2.24, 2.45) is 5.92 Å². The molecule has 1 aliphatic heterocycles. The van der Waals surface area contributed by atoms with Crippen molar-refractivity contribution >= 4 is 46.8 Å². The minimum absolute atomic E-state index is 0.0197. The highest BCUT2D eigenvalue weighted by Crippen LogP contribution is 2.36. The SMILES string of the molecule is CC[C@H](NC(=O)N1CC(=O)N(Cc2c(OC)cc(OC)cc2OC)C[C@@H](Cc2cc(Cl)ccc2OC)C1=O)c1ccc(C(=O)O)s1. The lowest BCUT2D eigenvalue weighted by atomic mass is 9.96. The van der Waals surface area contributed by atoms with Gasteiger partial charge in [-0.25, -0.2) is 9.59 Å². The van der Waals surface area contributed by atoms with Crippen molar-refractivity contribution in [2.75, 3.05) is 41.5 Å². The van der Waals surface area contributed by atoms with Gasteiger partial charge >= 0.3 is 12.0 Å². The van der Waals surface area contributed by atoms with E-state index in [0.29, 0.717) is 50.4 Å². The van der Waals surface area contributed by atoms with Crippen LogP contribution in [0.1, 0.15) is 45.1 Å². The monoisotopic (exact) mass is 673 g/mol. The van der Waals surface area contributed by atoms with Crippen LogP contribution in [0, 0.1) is 5.92 Å². The number of amides is 4. The number of carboxylic acids is 1. The fraction of sp³-hybridized carbons (Fsp3) is 0.375. The summed E-state index contributed by atoms with van der Waals surface area (Å²) in [5, 5.41) is 12.6. The Morgan fingerprint density at radius 1 is 1.00 bits per heavy atom. The molecule has 246 valence electrons. The molecule has 12 nitrogen and oxygen atoms in total. The summed E-state index contributed by atoms with van der Waals surface area (Å²) in [5.41, 5.74) is 1.19. The molecule has 4 rings (SSSR count). The average molecular weight is 674 g/mol. The molecule has 0 spiro atoms. The first-order valence-electron chi connectivity index (χ1n) is 14.4. The summed E-state index contributed by atoms with van der Waals surface area (Å²) >= 11 is 7.32. The van der Waals surface area contributed by atoms with Crippen LogP contribution in [0.15, 0.2) is 42.5 Å². The van der Waals surface area contributed by atoms with Gasteiger partial charge in [0.15, 0.2) is 0 Å². The van der Waals surface area contributed by atoms with E-state index in [2.05, 4.69) is 5.32 Å². The fourth-order valence-corrected chi connectivity index (χ4v) is 6.49. The fourth-order valence-electron chi connectivity index (χ4n) is 5.31. The molecule has 1 aromatic heterocycles. The number of carboxylic acid groups (broad SMARTS) is 1. The van der Waals surface area contributed by atoms with Gasteiger partial charge in [-0.2, -0.15) is 0 Å². The summed E-state index contributed by atoms with van der Waals surface area (Å²) in [6.45, 7) is 1.30. The van der Waals surface area contributed by atoms with Crippen molar-refractivity contribution in [3.05, 3.63) is 68.4 Å². The van der Waals surface area contributed by atoms with Gasteiger partial charge in [-0.05, 0) is 48.7 Å². The minimum atomic E-state index is -1.07. The predicted octanol–water partition coefficient (Wildman–Crippen LogP) is 5.02. The molecule has 2 atom stereocenters. The molecule has 2 N–H and O–H groups in total. The van der Waals surface area contributed by atoms with Crippen molar-refractivity contribution in [1.29, 1.82) is 0 Å². The number of aromatic carboxylic acids is 1. The van der Waals surface area contributed by atoms with Gasteiger partial charge in [-0.3, -0.25) is 14.5 Å². The Morgan fingerprint density at radius 3 is 2.24 bits per heavy atom. The van der Waals surface area contributed by atoms with E-state index in [9.17, 15) is 24.3 Å². The molecule has 0 bridgehead atoms. The molecule has 46 heavy (non-hydrogen) atoms. The molecule has 0 saturated carbocycles. The molecule has 14 heteroatoms. The number of rotatable bonds is 12. The van der Waals surface area contributed by atoms with Gasteiger partial charge in [0.1, 0.15) is 34.4 Å². The van der Waals surface area contributed by atoms with Gasteiger partial charge in [0.2, 0.25) is 11.8 Å². The molecule has 1 aliphatic rings. The minimum Gasteiger partial charge on any atom is -0.496 e. The molecular formula is C32H36ClN3O9S. The van der Waals surface area contributed by atoms with Crippen molar-refractivity contribution in [3.63, 3.8) is 0 Å². The van der Waals surface area contributed by atoms with Crippen LogP contribution in [-0.4, -0.2) is 80.2 Å². The van der Waals surface area contributed by atoms with E-state index in [4.69, 9.17) is 30.5 Å². The second kappa shape index (κ2) is 15.2. The van der Waals surface area contributed by atoms with Gasteiger partial charge in [0.25, 0.3) is 0 Å². The summed E-state index contributed by atoms with van der Waals surface area (Å²) in [5.74, 6) is -1.12. The Morgan fingerprint density at radius 2 is 1.67 bits per heavy atom. The second-order valence-corrected chi connectivity index (χ2v) is 12.0. The Labute approximate surface area is 275 Å². The zero-order chi connectivity index (χ0) is 33.5. The summed E-state index contributed by atoms with van der Waals surface area (Å²) in [6, 6.07) is 10.1. The van der Waals surface area contributed by atoms with E-state index < -0.39 is 42.3 Å². The lowest BCUT2D eigenvalue weighted by Gasteiger charge is -2.26. The number of hydrogen-bond donors (Lipinski definition) is 2. The largest absolute Gasteiger partial charge is 0.496 e. The quantitative estimate of drug-likeness (QED) is 0.271. The normalized spacial score (nSPS) is 15.7. The number of hydrogen-bond acceptors (Lipinski definition) is 9. The molecular weight excluding hydrogens is 638 g/mol. The lowest BCUT2D eigenvalue weighted by molar-refractivity contribution is -0.135. The summed E-state index contributed by atoms with van der Waals surface area (Å²) < 4.78 is 22.1. The number of methoxy groups -OCH3 is 4. The van der Waals surface area contributed by atoms with Crippen molar-refractivity contribution in [1.82, 2.24) is 15.1 Å². The van der Waals surface area contributed by atoms with Crippen LogP contribution in [0.4, 0.5) is 4.79 Å². The third-order valence-electron chi connectivity index (χ3n) is 7.71. The van der Waals surface area contributed by atoms with E-state index in [-0.39, 0.29) is 24.4 Å². The topological polar surface area (TPSA) is 144 Å². The summed E-state index contributed by atoms with van der Waals surface area (Å²) in [6.07, 6.45) is 0.546. The van der Waals surface area contributed by atoms with Crippen LogP contribution >= 0.6 is 22.9 Å². The number of halogens is 1. The predicted molar refractivity (Wildman–Crippen MR) is 171 cm³/mol. The van der Waals surface area contributed by atoms with Gasteiger partial charge in [0.05, 0.1) is 52.5 Å². The standard InChI is InChI=1S/C32H36ClN3O9S/c1-6-23(27-9-10-28(46-27)31(39)40)34-32(41)36-17-29(37)35(16-22-25(44-4)13-21(42-2)14-26(22)45-5)15-19(30(36)38)11-18-12-20(33)7-8-24(18)43-3/h7-10,12-14,19,23H,6,11,15-17H2,1-5H3,(H,34,41)(H,39,40)/t19-,23+/m1/s1. The van der Waals surface area contributed by atoms with E-state index in [1.54, 1.807) is 36.4 Å². The number of thiophene rings is 1. The number of benzene rings is 2. The average Bonchev–Trinajstić information content (AvgIpc) is 3.51. The van der Waals surface area contributed by atoms with E-state index in [0.717, 1.165) is 16.2 Å². The second-order valence-electron chi connectivity index (χ2n) is 10.5. The lowest BCUT2D eigenvalue weighted by Crippen LogP contribution is -2.48. The zero-order valence-electron chi connectivity index (χ0n) is 26.1. The number of imide groups is 1. The van der Waals surface area contributed by atoms with Crippen molar-refractivity contribution < 1.29 is 43.2 Å². The molecule has 2 aromatic carbocycles. The Balaban J connectivity index is 1.70. The first-order valence-corrected chi connectivity index (χ1v) is 15.6. The van der Waals surface area contributed by atoms with E-state index in [1.165, 1.54) is 39.4 Å². The maximum Gasteiger partial charge on any atom is 0.345 e. The maximum absolute atomic E-state index is 14.1. The van der Waals surface area contributed by atoms with Crippen LogP contribution in [0.3, 0.4) is 0 Å². The summed E-state index contributed by atoms with van der Waals surface area (Å²) in [4.78, 5) is 56.2. The van der Waals surface area contributed by atoms with E-state index in [1.807, 2.05) is 6.92 Å². The number of nitrogens with one attached hydrogen (secondary N) is 1. The first kappa shape index (κ1) is 34.4. The third-order valence-corrected chi connectivity index (χ3v) is 9.13. The zero-order valence-corrected chi connectivity index (χ0v) is 27.7. The highest BCUT2D eigenvalue weighted by molar-refractivity contribution is 7.14. The molecule has 0 unspecified atom stereocenters. The molecule has 4 amide bonds. The van der Waals surface area contributed by atoms with Crippen LogP contribution < -0.4 is 24.3 Å². The van der Waals surface area contributed by atoms with Gasteiger partial charge < -0.3 is 34.3 Å². The number of nitrogens with zero attached hydrogens (tertiary/aromatic N) is 2. The molecule has 1 saturated heterocycles. The van der Waals surface area contributed by atoms with Gasteiger partial charge in [-0.15, -0.1) is 11.3 Å². The van der Waals surface area contributed by atoms with Gasteiger partial charge in [0, 0.05) is 28.6 Å². The number of ether oxygens (including phenoxy) is 4. The summed E-state index contributed by atoms with van der Waals surface area (Å²) in [7, 11) is 6.00. The Bertz CT molecular complexity index is 1590. The molecule has 0 aliphatic carbocycles. The highest BCUT2D eigenvalue weighted by atomic mass is 35.5. The Kier molecular flexibility index (Phi) is 11.4. The van der Waals surface area contributed by atoms with E-state index >= 15 is 0 Å². The Hall–Kier alpha value is -4.49. The molecule has 1 fully saturated rings. The first-order chi connectivity index (χ1) is 22.0. The molecule has 2 heterocycles. The molecule has 0 radical (unpaired) electrons. The van der Waals surface area contributed by atoms with Crippen LogP contribution in [0.5, 0.6) is 23.0 Å². The van der Waals surface area contributed by atoms with Crippen LogP contribution in [0.2, 0.25) is 5.02 Å².